The van der Waals surface area contributed by atoms with Gasteiger partial charge in [0.1, 0.15) is 13.2 Å². The van der Waals surface area contributed by atoms with Crippen LogP contribution in [-0.2, 0) is 28.6 Å². The van der Waals surface area contributed by atoms with Crippen LogP contribution < -0.4 is 0 Å². The first-order valence-electron chi connectivity index (χ1n) is 27.1. The first kappa shape index (κ1) is 60.4. The third-order valence-electron chi connectivity index (χ3n) is 11.8. The Kier molecular flexibility index (Phi) is 49.8. The van der Waals surface area contributed by atoms with Crippen molar-refractivity contribution in [3.63, 3.8) is 0 Å². The molecule has 0 aliphatic heterocycles. The van der Waals surface area contributed by atoms with E-state index in [1.165, 1.54) is 148 Å². The summed E-state index contributed by atoms with van der Waals surface area (Å²) in [5, 5.41) is 0. The summed E-state index contributed by atoms with van der Waals surface area (Å²) < 4.78 is 16.8. The minimum absolute atomic E-state index is 0.0742. The van der Waals surface area contributed by atoms with Gasteiger partial charge < -0.3 is 14.2 Å². The van der Waals surface area contributed by atoms with Crippen molar-refractivity contribution >= 4 is 17.9 Å². The number of rotatable bonds is 49. The van der Waals surface area contributed by atoms with Crippen LogP contribution in [0.15, 0.2) is 48.6 Å². The highest BCUT2D eigenvalue weighted by Gasteiger charge is 2.19. The highest BCUT2D eigenvalue weighted by molar-refractivity contribution is 5.71. The average Bonchev–Trinajstić information content (AvgIpc) is 3.28. The lowest BCUT2D eigenvalue weighted by Crippen LogP contribution is -2.30. The van der Waals surface area contributed by atoms with E-state index in [1.54, 1.807) is 0 Å². The van der Waals surface area contributed by atoms with Gasteiger partial charge in [0.15, 0.2) is 6.10 Å². The molecule has 0 aromatic heterocycles. The number of carbonyl (C=O) groups excluding carboxylic acids is 3. The van der Waals surface area contributed by atoms with Gasteiger partial charge >= 0.3 is 17.9 Å². The summed E-state index contributed by atoms with van der Waals surface area (Å²) in [6, 6.07) is 0. The molecule has 0 rings (SSSR count). The highest BCUT2D eigenvalue weighted by Crippen LogP contribution is 2.16. The van der Waals surface area contributed by atoms with Gasteiger partial charge in [0.25, 0.3) is 0 Å². The summed E-state index contributed by atoms with van der Waals surface area (Å²) >= 11 is 0. The normalized spacial score (nSPS) is 12.4. The van der Waals surface area contributed by atoms with E-state index in [9.17, 15) is 14.4 Å². The molecule has 1 unspecified atom stereocenters. The van der Waals surface area contributed by atoms with Crippen LogP contribution in [0, 0.1) is 0 Å². The summed E-state index contributed by atoms with van der Waals surface area (Å²) in [6.45, 7) is 6.52. The van der Waals surface area contributed by atoms with Crippen LogP contribution in [0.2, 0.25) is 0 Å². The number of esters is 3. The van der Waals surface area contributed by atoms with Crippen LogP contribution in [0.25, 0.3) is 0 Å². The number of allylic oxidation sites excluding steroid dienone is 8. The SMILES string of the molecule is CC/C=C\C/C=C\C/C=C\C/C=C\CCCCCCCCC(=O)OCC(COC(=O)CCCCCCCCCCC)OC(=O)CCCCCCCCCCCCCCCCCCC. The summed E-state index contributed by atoms with van der Waals surface area (Å²) in [5.41, 5.74) is 0. The van der Waals surface area contributed by atoms with Crippen molar-refractivity contribution in [1.82, 2.24) is 0 Å². The maximum atomic E-state index is 12.8. The van der Waals surface area contributed by atoms with Crippen LogP contribution in [0.3, 0.4) is 0 Å². The number of unbranched alkanes of at least 4 members (excludes halogenated alkanes) is 30. The third kappa shape index (κ3) is 50.2. The smallest absolute Gasteiger partial charge is 0.306 e. The Morgan fingerprint density at radius 1 is 0.333 bits per heavy atom. The number of hydrogen-bond donors (Lipinski definition) is 0. The minimum Gasteiger partial charge on any atom is -0.462 e. The topological polar surface area (TPSA) is 78.9 Å². The Morgan fingerprint density at radius 2 is 0.619 bits per heavy atom. The zero-order valence-electron chi connectivity index (χ0n) is 41.8. The standard InChI is InChI=1S/C57H102O6/c1-4-7-10-13-16-19-21-23-25-27-28-30-31-33-35-38-41-44-47-50-56(59)62-53-54(52-61-55(58)49-46-43-40-37-18-15-12-9-6-3)63-57(60)51-48-45-42-39-36-34-32-29-26-24-22-20-17-14-11-8-5-2/h7,10,16,19,23,25,28,30,54H,4-6,8-9,11-15,17-18,20-22,24,26-27,29,31-53H2,1-3H3/b10-7-,19-16-,25-23-,30-28-. The molecule has 0 aromatic carbocycles. The van der Waals surface area contributed by atoms with Gasteiger partial charge in [0.2, 0.25) is 0 Å². The number of ether oxygens (including phenoxy) is 3. The third-order valence-corrected chi connectivity index (χ3v) is 11.8. The minimum atomic E-state index is -0.774. The summed E-state index contributed by atoms with van der Waals surface area (Å²) in [4.78, 5) is 38.0. The molecule has 0 amide bonds. The van der Waals surface area contributed by atoms with E-state index in [2.05, 4.69) is 69.4 Å². The predicted molar refractivity (Wildman–Crippen MR) is 270 cm³/mol. The van der Waals surface area contributed by atoms with Gasteiger partial charge in [-0.3, -0.25) is 14.4 Å². The largest absolute Gasteiger partial charge is 0.462 e. The Balaban J connectivity index is 4.30. The van der Waals surface area contributed by atoms with Crippen molar-refractivity contribution in [3.05, 3.63) is 48.6 Å². The Bertz CT molecular complexity index is 1110. The van der Waals surface area contributed by atoms with Crippen LogP contribution in [0.1, 0.15) is 278 Å². The number of carbonyl (C=O) groups is 3. The molecule has 0 aliphatic rings. The van der Waals surface area contributed by atoms with E-state index in [1.807, 2.05) is 0 Å². The lowest BCUT2D eigenvalue weighted by atomic mass is 10.0. The average molecular weight is 883 g/mol. The fourth-order valence-corrected chi connectivity index (χ4v) is 7.79. The Hall–Kier alpha value is -2.63. The van der Waals surface area contributed by atoms with E-state index in [-0.39, 0.29) is 31.1 Å². The fourth-order valence-electron chi connectivity index (χ4n) is 7.79. The van der Waals surface area contributed by atoms with E-state index in [0.717, 1.165) is 89.9 Å². The molecule has 1 atom stereocenters. The molecule has 0 heterocycles. The molecule has 0 radical (unpaired) electrons. The van der Waals surface area contributed by atoms with Crippen molar-refractivity contribution in [2.75, 3.05) is 13.2 Å². The highest BCUT2D eigenvalue weighted by atomic mass is 16.6. The van der Waals surface area contributed by atoms with Gasteiger partial charge in [0, 0.05) is 19.3 Å². The molecule has 0 N–H and O–H groups in total. The van der Waals surface area contributed by atoms with Crippen LogP contribution in [0.5, 0.6) is 0 Å². The van der Waals surface area contributed by atoms with Crippen LogP contribution in [0.4, 0.5) is 0 Å². The molecule has 0 aromatic rings. The van der Waals surface area contributed by atoms with E-state index in [0.29, 0.717) is 19.3 Å². The van der Waals surface area contributed by atoms with Gasteiger partial charge in [-0.15, -0.1) is 0 Å². The molecule has 0 fully saturated rings. The first-order valence-corrected chi connectivity index (χ1v) is 27.1. The zero-order chi connectivity index (χ0) is 45.8. The molecule has 6 nitrogen and oxygen atoms in total. The molecule has 0 saturated heterocycles. The molecule has 366 valence electrons. The summed E-state index contributed by atoms with van der Waals surface area (Å²) in [6.07, 6.45) is 62.4. The first-order chi connectivity index (χ1) is 31.0. The van der Waals surface area contributed by atoms with Crippen molar-refractivity contribution < 1.29 is 28.6 Å². The molecule has 63 heavy (non-hydrogen) atoms. The van der Waals surface area contributed by atoms with Crippen LogP contribution >= 0.6 is 0 Å². The van der Waals surface area contributed by atoms with Gasteiger partial charge in [-0.2, -0.15) is 0 Å². The van der Waals surface area contributed by atoms with E-state index >= 15 is 0 Å². The Labute approximate surface area is 390 Å². The second-order valence-corrected chi connectivity index (χ2v) is 18.1. The molecule has 0 bridgehead atoms. The molecule has 0 spiro atoms. The second kappa shape index (κ2) is 52.0. The van der Waals surface area contributed by atoms with Gasteiger partial charge in [-0.1, -0.05) is 249 Å². The lowest BCUT2D eigenvalue weighted by Gasteiger charge is -2.18. The van der Waals surface area contributed by atoms with E-state index < -0.39 is 6.10 Å². The van der Waals surface area contributed by atoms with Gasteiger partial charge in [0.05, 0.1) is 0 Å². The lowest BCUT2D eigenvalue weighted by molar-refractivity contribution is -0.167. The molecule has 0 saturated carbocycles. The second-order valence-electron chi connectivity index (χ2n) is 18.1. The summed E-state index contributed by atoms with van der Waals surface area (Å²) in [5.74, 6) is -0.879. The van der Waals surface area contributed by atoms with Crippen LogP contribution in [-0.4, -0.2) is 37.2 Å². The van der Waals surface area contributed by atoms with Crippen molar-refractivity contribution in [3.8, 4) is 0 Å². The van der Waals surface area contributed by atoms with Crippen molar-refractivity contribution in [2.24, 2.45) is 0 Å². The monoisotopic (exact) mass is 883 g/mol. The molecular weight excluding hydrogens is 781 g/mol. The van der Waals surface area contributed by atoms with Crippen molar-refractivity contribution in [1.29, 1.82) is 0 Å². The maximum absolute atomic E-state index is 12.8. The molecule has 6 heteroatoms. The quantitative estimate of drug-likeness (QED) is 0.0262. The number of hydrogen-bond acceptors (Lipinski definition) is 6. The van der Waals surface area contributed by atoms with Gasteiger partial charge in [-0.05, 0) is 57.8 Å². The van der Waals surface area contributed by atoms with E-state index in [4.69, 9.17) is 14.2 Å². The van der Waals surface area contributed by atoms with Gasteiger partial charge in [-0.25, -0.2) is 0 Å². The maximum Gasteiger partial charge on any atom is 0.306 e. The molecule has 0 aliphatic carbocycles. The summed E-state index contributed by atoms with van der Waals surface area (Å²) in [7, 11) is 0. The van der Waals surface area contributed by atoms with Crippen molar-refractivity contribution in [2.45, 2.75) is 284 Å². The predicted octanol–water partition coefficient (Wildman–Crippen LogP) is 17.9. The fraction of sp³-hybridized carbons (Fsp3) is 0.807. The molecular formula is C57H102O6. The Morgan fingerprint density at radius 3 is 0.968 bits per heavy atom. The zero-order valence-corrected chi connectivity index (χ0v) is 41.8.